The van der Waals surface area contributed by atoms with Gasteiger partial charge in [0.15, 0.2) is 5.17 Å². The van der Waals surface area contributed by atoms with Crippen LogP contribution >= 0.6 is 11.8 Å². The molecule has 30 heavy (non-hydrogen) atoms. The van der Waals surface area contributed by atoms with E-state index in [4.69, 9.17) is 9.47 Å². The van der Waals surface area contributed by atoms with Crippen molar-refractivity contribution in [3.63, 3.8) is 0 Å². The summed E-state index contributed by atoms with van der Waals surface area (Å²) in [5.74, 6) is 1.20. The van der Waals surface area contributed by atoms with Crippen LogP contribution in [-0.4, -0.2) is 56.4 Å². The zero-order chi connectivity index (χ0) is 20.9. The molecule has 0 radical (unpaired) electrons. The van der Waals surface area contributed by atoms with E-state index >= 15 is 0 Å². The number of rotatable bonds is 5. The molecule has 2 aromatic carbocycles. The Balaban J connectivity index is 1.38. The van der Waals surface area contributed by atoms with Crippen LogP contribution in [0.2, 0.25) is 0 Å². The smallest absolute Gasteiger partial charge is 0.286 e. The summed E-state index contributed by atoms with van der Waals surface area (Å²) in [5.41, 5.74) is 2.20. The van der Waals surface area contributed by atoms with Gasteiger partial charge in [0.05, 0.1) is 45.3 Å². The van der Waals surface area contributed by atoms with Crippen LogP contribution in [0.1, 0.15) is 11.1 Å². The van der Waals surface area contributed by atoms with Crippen molar-refractivity contribution in [1.82, 2.24) is 4.90 Å². The number of methoxy groups -OCH3 is 2. The van der Waals surface area contributed by atoms with Crippen LogP contribution in [0.4, 0.5) is 0 Å². The number of carbonyl (C=O) groups is 1. The first-order valence-electron chi connectivity index (χ1n) is 10.0. The van der Waals surface area contributed by atoms with Crippen LogP contribution in [0.5, 0.6) is 11.5 Å². The zero-order valence-corrected chi connectivity index (χ0v) is 18.1. The van der Waals surface area contributed by atoms with Gasteiger partial charge in [-0.2, -0.15) is 4.99 Å². The predicted molar refractivity (Wildman–Crippen MR) is 120 cm³/mol. The number of amides is 1. The second-order valence-corrected chi connectivity index (χ2v) is 8.33. The molecule has 0 aromatic heterocycles. The summed E-state index contributed by atoms with van der Waals surface area (Å²) in [6.07, 6.45) is 1.85. The Morgan fingerprint density at radius 3 is 2.57 bits per heavy atom. The van der Waals surface area contributed by atoms with Crippen molar-refractivity contribution in [3.8, 4) is 11.5 Å². The number of amidine groups is 1. The van der Waals surface area contributed by atoms with E-state index in [1.165, 1.54) is 17.3 Å². The lowest BCUT2D eigenvalue weighted by Gasteiger charge is -2.32. The number of carbonyl (C=O) groups excluding carboxylic acids is 1. The minimum atomic E-state index is -0.188. The summed E-state index contributed by atoms with van der Waals surface area (Å²) >= 11 is 1.45. The largest absolute Gasteiger partial charge is 0.497 e. The zero-order valence-electron chi connectivity index (χ0n) is 17.3. The van der Waals surface area contributed by atoms with Crippen LogP contribution in [-0.2, 0) is 11.3 Å². The first-order valence-corrected chi connectivity index (χ1v) is 10.8. The highest BCUT2D eigenvalue weighted by Crippen LogP contribution is 2.33. The number of hydrogen-bond acceptors (Lipinski definition) is 5. The molecule has 6 nitrogen and oxygen atoms in total. The first kappa shape index (κ1) is 20.5. The van der Waals surface area contributed by atoms with E-state index in [2.05, 4.69) is 40.2 Å². The van der Waals surface area contributed by atoms with Gasteiger partial charge in [0.1, 0.15) is 18.0 Å². The van der Waals surface area contributed by atoms with Crippen molar-refractivity contribution in [2.75, 3.05) is 40.4 Å². The lowest BCUT2D eigenvalue weighted by molar-refractivity contribution is -0.917. The molecule has 2 aliphatic rings. The molecule has 4 rings (SSSR count). The molecule has 156 valence electrons. The summed E-state index contributed by atoms with van der Waals surface area (Å²) in [7, 11) is 3.23. The molecule has 7 heteroatoms. The molecule has 0 spiro atoms. The number of thioether (sulfide) groups is 1. The normalized spacial score (nSPS) is 18.6. The summed E-state index contributed by atoms with van der Waals surface area (Å²) in [4.78, 5) is 21.2. The topological polar surface area (TPSA) is 55.6 Å². The second kappa shape index (κ2) is 9.36. The number of ether oxygens (including phenoxy) is 2. The van der Waals surface area contributed by atoms with Gasteiger partial charge in [-0.15, -0.1) is 0 Å². The third-order valence-electron chi connectivity index (χ3n) is 5.37. The van der Waals surface area contributed by atoms with E-state index in [9.17, 15) is 4.79 Å². The van der Waals surface area contributed by atoms with Crippen molar-refractivity contribution in [3.05, 3.63) is 64.6 Å². The Bertz CT molecular complexity index is 967. The molecule has 2 aliphatic heterocycles. The number of nitrogens with zero attached hydrogens (tertiary/aromatic N) is 2. The van der Waals surface area contributed by atoms with Crippen LogP contribution in [0.25, 0.3) is 6.08 Å². The molecule has 0 unspecified atom stereocenters. The van der Waals surface area contributed by atoms with E-state index in [-0.39, 0.29) is 5.91 Å². The third kappa shape index (κ3) is 4.68. The number of piperazine rings is 1. The maximum absolute atomic E-state index is 12.5. The highest BCUT2D eigenvalue weighted by atomic mass is 32.2. The van der Waals surface area contributed by atoms with Crippen molar-refractivity contribution in [1.29, 1.82) is 0 Å². The lowest BCUT2D eigenvalue weighted by atomic mass is 10.1. The Morgan fingerprint density at radius 1 is 1.10 bits per heavy atom. The molecule has 0 atom stereocenters. The average Bonchev–Trinajstić information content (AvgIpc) is 3.15. The van der Waals surface area contributed by atoms with Crippen molar-refractivity contribution in [2.24, 2.45) is 4.99 Å². The number of aliphatic imine (C=N–C) groups is 1. The van der Waals surface area contributed by atoms with Gasteiger partial charge in [0.2, 0.25) is 0 Å². The summed E-state index contributed by atoms with van der Waals surface area (Å²) < 4.78 is 10.7. The third-order valence-corrected chi connectivity index (χ3v) is 6.42. The van der Waals surface area contributed by atoms with E-state index in [0.29, 0.717) is 16.4 Å². The molecular weight excluding hydrogens is 398 g/mol. The van der Waals surface area contributed by atoms with Crippen molar-refractivity contribution in [2.45, 2.75) is 6.54 Å². The Hall–Kier alpha value is -2.77. The van der Waals surface area contributed by atoms with E-state index in [1.54, 1.807) is 19.1 Å². The predicted octanol–water partition coefficient (Wildman–Crippen LogP) is 2.07. The van der Waals surface area contributed by atoms with Gasteiger partial charge in [-0.3, -0.25) is 4.79 Å². The van der Waals surface area contributed by atoms with E-state index in [1.807, 2.05) is 24.3 Å². The van der Waals surface area contributed by atoms with E-state index in [0.717, 1.165) is 43.5 Å². The van der Waals surface area contributed by atoms with Gasteiger partial charge in [-0.05, 0) is 30.0 Å². The molecule has 1 amide bonds. The monoisotopic (exact) mass is 424 g/mol. The second-order valence-electron chi connectivity index (χ2n) is 7.32. The Labute approximate surface area is 181 Å². The fraction of sp³-hybridized carbons (Fsp3) is 0.304. The summed E-state index contributed by atoms with van der Waals surface area (Å²) in [6, 6.07) is 16.2. The maximum Gasteiger partial charge on any atom is 0.286 e. The first-order chi connectivity index (χ1) is 14.7. The lowest BCUT2D eigenvalue weighted by Crippen LogP contribution is -3.13. The SMILES string of the molecule is COc1ccc(/C=C2\SC(N3CC[NH+](Cc4ccccc4)CC3)=NC2=O)c(OC)c1. The minimum absolute atomic E-state index is 0.188. The highest BCUT2D eigenvalue weighted by molar-refractivity contribution is 8.18. The number of benzene rings is 2. The van der Waals surface area contributed by atoms with Gasteiger partial charge in [0, 0.05) is 17.2 Å². The number of nitrogens with one attached hydrogen (secondary N) is 1. The van der Waals surface area contributed by atoms with Gasteiger partial charge in [-0.1, -0.05) is 30.3 Å². The molecule has 1 fully saturated rings. The summed E-state index contributed by atoms with van der Waals surface area (Å²) in [6.45, 7) is 4.92. The van der Waals surface area contributed by atoms with Crippen LogP contribution < -0.4 is 14.4 Å². The quantitative estimate of drug-likeness (QED) is 0.745. The fourth-order valence-electron chi connectivity index (χ4n) is 3.69. The van der Waals surface area contributed by atoms with Crippen LogP contribution in [0, 0.1) is 0 Å². The molecule has 0 saturated carbocycles. The molecule has 0 bridgehead atoms. The van der Waals surface area contributed by atoms with Gasteiger partial charge >= 0.3 is 0 Å². The van der Waals surface area contributed by atoms with Gasteiger partial charge in [0.25, 0.3) is 5.91 Å². The fourth-order valence-corrected chi connectivity index (χ4v) is 4.64. The van der Waals surface area contributed by atoms with Crippen LogP contribution in [0.3, 0.4) is 0 Å². The minimum Gasteiger partial charge on any atom is -0.497 e. The molecule has 1 N–H and O–H groups in total. The number of hydrogen-bond donors (Lipinski definition) is 1. The number of quaternary nitrogens is 1. The summed E-state index contributed by atoms with van der Waals surface area (Å²) in [5, 5.41) is 0.803. The van der Waals surface area contributed by atoms with Gasteiger partial charge < -0.3 is 19.3 Å². The van der Waals surface area contributed by atoms with Gasteiger partial charge in [-0.25, -0.2) is 0 Å². The highest BCUT2D eigenvalue weighted by Gasteiger charge is 2.30. The maximum atomic E-state index is 12.5. The van der Waals surface area contributed by atoms with Crippen molar-refractivity contribution < 1.29 is 19.2 Å². The Kier molecular flexibility index (Phi) is 6.40. The molecule has 1 saturated heterocycles. The molecule has 2 aromatic rings. The van der Waals surface area contributed by atoms with Crippen LogP contribution in [0.15, 0.2) is 58.4 Å². The molecular formula is C23H26N3O3S+. The standard InChI is InChI=1S/C23H25N3O3S/c1-28-19-9-8-18(20(15-19)29-2)14-21-22(27)24-23(30-21)26-12-10-25(11-13-26)16-17-6-4-3-5-7-17/h3-9,14-15H,10-13,16H2,1-2H3/p+1/b21-14-. The van der Waals surface area contributed by atoms with Crippen molar-refractivity contribution >= 4 is 28.9 Å². The molecule has 0 aliphatic carbocycles. The molecule has 2 heterocycles. The Morgan fingerprint density at radius 2 is 1.87 bits per heavy atom. The van der Waals surface area contributed by atoms with E-state index < -0.39 is 0 Å². The average molecular weight is 425 g/mol.